The molecule has 1 heterocycles. The Balaban J connectivity index is 1.71. The van der Waals surface area contributed by atoms with Gasteiger partial charge in [-0.2, -0.15) is 0 Å². The molecule has 2 amide bonds. The van der Waals surface area contributed by atoms with Crippen LogP contribution in [0.1, 0.15) is 43.5 Å². The minimum atomic E-state index is -0.0937. The summed E-state index contributed by atoms with van der Waals surface area (Å²) in [6.07, 6.45) is 2.52. The molecule has 1 fully saturated rings. The monoisotopic (exact) mass is 304 g/mol. The van der Waals surface area contributed by atoms with E-state index >= 15 is 0 Å². The molecule has 0 aromatic heterocycles. The molecule has 5 heteroatoms. The molecule has 0 unspecified atom stereocenters. The highest BCUT2D eigenvalue weighted by atomic mass is 16.5. The molecule has 0 radical (unpaired) electrons. The number of benzene rings is 1. The number of amides is 2. The lowest BCUT2D eigenvalue weighted by atomic mass is 10.2. The maximum Gasteiger partial charge on any atom is 0.251 e. The molecular formula is C17H24N2O3. The number of likely N-dealkylation sites (tertiary alicyclic amines) is 1. The fraction of sp³-hybridized carbons (Fsp3) is 0.529. The largest absolute Gasteiger partial charge is 0.491 e. The minimum absolute atomic E-state index is 0.0937. The molecule has 5 nitrogen and oxygen atoms in total. The van der Waals surface area contributed by atoms with Crippen molar-refractivity contribution in [2.75, 3.05) is 19.6 Å². The third-order valence-electron chi connectivity index (χ3n) is 3.55. The van der Waals surface area contributed by atoms with E-state index in [1.165, 1.54) is 0 Å². The SMILES string of the molecule is CC(C)Oc1ccc(C(=O)NCCCN2CCCC2=O)cc1. The van der Waals surface area contributed by atoms with E-state index in [-0.39, 0.29) is 17.9 Å². The number of rotatable bonds is 7. The Morgan fingerprint density at radius 1 is 1.32 bits per heavy atom. The lowest BCUT2D eigenvalue weighted by molar-refractivity contribution is -0.127. The summed E-state index contributed by atoms with van der Waals surface area (Å²) in [5, 5.41) is 2.88. The molecule has 0 aliphatic carbocycles. The summed E-state index contributed by atoms with van der Waals surface area (Å²) in [4.78, 5) is 25.3. The molecule has 2 rings (SSSR count). The lowest BCUT2D eigenvalue weighted by Crippen LogP contribution is -2.30. The normalized spacial score (nSPS) is 14.5. The van der Waals surface area contributed by atoms with Crippen LogP contribution in [0.4, 0.5) is 0 Å². The van der Waals surface area contributed by atoms with Gasteiger partial charge in [-0.1, -0.05) is 0 Å². The number of nitrogens with zero attached hydrogens (tertiary/aromatic N) is 1. The number of hydrogen-bond acceptors (Lipinski definition) is 3. The predicted molar refractivity (Wildman–Crippen MR) is 85.0 cm³/mol. The Morgan fingerprint density at radius 3 is 2.64 bits per heavy atom. The van der Waals surface area contributed by atoms with E-state index in [1.54, 1.807) is 24.3 Å². The summed E-state index contributed by atoms with van der Waals surface area (Å²) in [5.41, 5.74) is 0.619. The van der Waals surface area contributed by atoms with Crippen LogP contribution < -0.4 is 10.1 Å². The van der Waals surface area contributed by atoms with Gasteiger partial charge in [-0.3, -0.25) is 9.59 Å². The van der Waals surface area contributed by atoms with Crippen molar-refractivity contribution in [3.05, 3.63) is 29.8 Å². The standard InChI is InChI=1S/C17H24N2O3/c1-13(2)22-15-8-6-14(7-9-15)17(21)18-10-4-12-19-11-3-5-16(19)20/h6-9,13H,3-5,10-12H2,1-2H3,(H,18,21). The van der Waals surface area contributed by atoms with E-state index in [2.05, 4.69) is 5.32 Å². The first-order valence-electron chi connectivity index (χ1n) is 7.89. The quantitative estimate of drug-likeness (QED) is 0.786. The van der Waals surface area contributed by atoms with Crippen LogP contribution in [0, 0.1) is 0 Å². The van der Waals surface area contributed by atoms with Crippen LogP contribution in [0.25, 0.3) is 0 Å². The molecule has 1 aromatic rings. The summed E-state index contributed by atoms with van der Waals surface area (Å²) in [5.74, 6) is 0.898. The first-order chi connectivity index (χ1) is 10.6. The van der Waals surface area contributed by atoms with Crippen LogP contribution in [-0.2, 0) is 4.79 Å². The zero-order valence-corrected chi connectivity index (χ0v) is 13.3. The molecule has 22 heavy (non-hydrogen) atoms. The Hall–Kier alpha value is -2.04. The van der Waals surface area contributed by atoms with Crippen LogP contribution in [0.5, 0.6) is 5.75 Å². The first kappa shape index (κ1) is 16.3. The lowest BCUT2D eigenvalue weighted by Gasteiger charge is -2.15. The number of carbonyl (C=O) groups is 2. The fourth-order valence-corrected chi connectivity index (χ4v) is 2.47. The Morgan fingerprint density at radius 2 is 2.05 bits per heavy atom. The highest BCUT2D eigenvalue weighted by Gasteiger charge is 2.19. The molecule has 1 aliphatic rings. The van der Waals surface area contributed by atoms with Crippen molar-refractivity contribution >= 4 is 11.8 Å². The van der Waals surface area contributed by atoms with Crippen molar-refractivity contribution in [2.24, 2.45) is 0 Å². The fourth-order valence-electron chi connectivity index (χ4n) is 2.47. The first-order valence-corrected chi connectivity index (χ1v) is 7.89. The van der Waals surface area contributed by atoms with Crippen molar-refractivity contribution in [1.29, 1.82) is 0 Å². The average Bonchev–Trinajstić information content (AvgIpc) is 2.89. The summed E-state index contributed by atoms with van der Waals surface area (Å²) in [6.45, 7) is 6.08. The second kappa shape index (κ2) is 7.82. The van der Waals surface area contributed by atoms with Gasteiger partial charge in [0.1, 0.15) is 5.75 Å². The number of hydrogen-bond donors (Lipinski definition) is 1. The van der Waals surface area contributed by atoms with Crippen LogP contribution in [0.15, 0.2) is 24.3 Å². The van der Waals surface area contributed by atoms with E-state index in [0.29, 0.717) is 18.5 Å². The topological polar surface area (TPSA) is 58.6 Å². The number of carbonyl (C=O) groups excluding carboxylic acids is 2. The Kier molecular flexibility index (Phi) is 5.81. The van der Waals surface area contributed by atoms with E-state index < -0.39 is 0 Å². The zero-order valence-electron chi connectivity index (χ0n) is 13.3. The summed E-state index contributed by atoms with van der Waals surface area (Å²) in [6, 6.07) is 7.13. The van der Waals surface area contributed by atoms with E-state index in [9.17, 15) is 9.59 Å². The van der Waals surface area contributed by atoms with Crippen molar-refractivity contribution in [2.45, 2.75) is 39.2 Å². The van der Waals surface area contributed by atoms with Gasteiger partial charge in [0.15, 0.2) is 0 Å². The second-order valence-electron chi connectivity index (χ2n) is 5.78. The van der Waals surface area contributed by atoms with Crippen molar-refractivity contribution in [1.82, 2.24) is 10.2 Å². The molecule has 1 aliphatic heterocycles. The van der Waals surface area contributed by atoms with Crippen molar-refractivity contribution in [3.63, 3.8) is 0 Å². The van der Waals surface area contributed by atoms with Gasteiger partial charge in [0, 0.05) is 31.6 Å². The van der Waals surface area contributed by atoms with Crippen LogP contribution in [0.3, 0.4) is 0 Å². The molecule has 0 saturated carbocycles. The van der Waals surface area contributed by atoms with Gasteiger partial charge >= 0.3 is 0 Å². The van der Waals surface area contributed by atoms with Gasteiger partial charge in [-0.05, 0) is 51.0 Å². The predicted octanol–water partition coefficient (Wildman–Crippen LogP) is 2.22. The molecule has 0 spiro atoms. The van der Waals surface area contributed by atoms with Crippen LogP contribution in [-0.4, -0.2) is 42.5 Å². The molecule has 0 atom stereocenters. The molecule has 1 saturated heterocycles. The molecule has 1 N–H and O–H groups in total. The van der Waals surface area contributed by atoms with Crippen molar-refractivity contribution < 1.29 is 14.3 Å². The summed E-state index contributed by atoms with van der Waals surface area (Å²) >= 11 is 0. The molecule has 120 valence electrons. The third-order valence-corrected chi connectivity index (χ3v) is 3.55. The number of ether oxygens (including phenoxy) is 1. The number of nitrogens with one attached hydrogen (secondary N) is 1. The van der Waals surface area contributed by atoms with Gasteiger partial charge in [-0.25, -0.2) is 0 Å². The smallest absolute Gasteiger partial charge is 0.251 e. The van der Waals surface area contributed by atoms with Crippen LogP contribution in [0.2, 0.25) is 0 Å². The maximum atomic E-state index is 12.0. The van der Waals surface area contributed by atoms with Gasteiger partial charge in [-0.15, -0.1) is 0 Å². The van der Waals surface area contributed by atoms with Crippen LogP contribution >= 0.6 is 0 Å². The van der Waals surface area contributed by atoms with Gasteiger partial charge in [0.2, 0.25) is 5.91 Å². The highest BCUT2D eigenvalue weighted by molar-refractivity contribution is 5.94. The Labute approximate surface area is 131 Å². The average molecular weight is 304 g/mol. The summed E-state index contributed by atoms with van der Waals surface area (Å²) < 4.78 is 5.55. The van der Waals surface area contributed by atoms with E-state index in [0.717, 1.165) is 31.7 Å². The van der Waals surface area contributed by atoms with E-state index in [4.69, 9.17) is 4.74 Å². The highest BCUT2D eigenvalue weighted by Crippen LogP contribution is 2.14. The molecule has 1 aromatic carbocycles. The van der Waals surface area contributed by atoms with Gasteiger partial charge in [0.05, 0.1) is 6.10 Å². The third kappa shape index (κ3) is 4.76. The molecular weight excluding hydrogens is 280 g/mol. The zero-order chi connectivity index (χ0) is 15.9. The van der Waals surface area contributed by atoms with Crippen molar-refractivity contribution in [3.8, 4) is 5.75 Å². The van der Waals surface area contributed by atoms with E-state index in [1.807, 2.05) is 18.7 Å². The van der Waals surface area contributed by atoms with Gasteiger partial charge < -0.3 is 15.0 Å². The minimum Gasteiger partial charge on any atom is -0.491 e. The Bertz CT molecular complexity index is 511. The molecule has 0 bridgehead atoms. The summed E-state index contributed by atoms with van der Waals surface area (Å²) in [7, 11) is 0. The second-order valence-corrected chi connectivity index (χ2v) is 5.78. The van der Waals surface area contributed by atoms with Gasteiger partial charge in [0.25, 0.3) is 5.91 Å². The maximum absolute atomic E-state index is 12.0.